The average Bonchev–Trinajstić information content (AvgIpc) is 3.72. The van der Waals surface area contributed by atoms with Crippen molar-refractivity contribution in [3.8, 4) is 44.8 Å². The third-order valence-electron chi connectivity index (χ3n) is 10.1. The van der Waals surface area contributed by atoms with Gasteiger partial charge >= 0.3 is 0 Å². The van der Waals surface area contributed by atoms with Crippen LogP contribution >= 0.6 is 0 Å². The van der Waals surface area contributed by atoms with E-state index < -0.39 is 0 Å². The highest BCUT2D eigenvalue weighted by Crippen LogP contribution is 2.45. The number of nitrogens with zero attached hydrogens (tertiary/aromatic N) is 2. The van der Waals surface area contributed by atoms with Gasteiger partial charge in [-0.1, -0.05) is 158 Å². The smallest absolute Gasteiger partial charge is 0.0619 e. The van der Waals surface area contributed by atoms with Crippen LogP contribution < -0.4 is 0 Å². The quantitative estimate of drug-likeness (QED) is 0.178. The zero-order chi connectivity index (χ0) is 33.0. The fourth-order valence-corrected chi connectivity index (χ4v) is 8.08. The lowest BCUT2D eigenvalue weighted by atomic mass is 9.92. The van der Waals surface area contributed by atoms with E-state index in [1.165, 1.54) is 77.0 Å². The molecule has 2 nitrogen and oxygen atoms in total. The average molecular weight is 637 g/mol. The summed E-state index contributed by atoms with van der Waals surface area (Å²) in [6.07, 6.45) is 0. The molecule has 0 saturated carbocycles. The van der Waals surface area contributed by atoms with Gasteiger partial charge in [0.1, 0.15) is 0 Å². The van der Waals surface area contributed by atoms with Crippen LogP contribution in [0.5, 0.6) is 0 Å². The van der Waals surface area contributed by atoms with Gasteiger partial charge in [0.2, 0.25) is 0 Å². The van der Waals surface area contributed by atoms with E-state index in [4.69, 9.17) is 0 Å². The maximum absolute atomic E-state index is 2.48. The van der Waals surface area contributed by atoms with Crippen molar-refractivity contribution < 1.29 is 0 Å². The second kappa shape index (κ2) is 11.5. The zero-order valence-corrected chi connectivity index (χ0v) is 27.4. The number of rotatable bonds is 5. The van der Waals surface area contributed by atoms with Crippen molar-refractivity contribution in [3.63, 3.8) is 0 Å². The second-order valence-corrected chi connectivity index (χ2v) is 12.9. The van der Waals surface area contributed by atoms with Gasteiger partial charge in [0, 0.05) is 38.4 Å². The number of benzene rings is 8. The van der Waals surface area contributed by atoms with E-state index in [1.807, 2.05) is 0 Å². The fraction of sp³-hybridized carbons (Fsp3) is 0. The van der Waals surface area contributed by atoms with Crippen LogP contribution in [-0.4, -0.2) is 9.13 Å². The molecule has 2 heteroatoms. The van der Waals surface area contributed by atoms with E-state index in [2.05, 4.69) is 203 Å². The summed E-state index contributed by atoms with van der Waals surface area (Å²) in [6.45, 7) is 0. The van der Waals surface area contributed by atoms with Crippen LogP contribution in [0.3, 0.4) is 0 Å². The molecular formula is C48H32N2. The number of aromatic nitrogens is 2. The molecule has 8 aromatic carbocycles. The standard InChI is InChI=1S/C48H32N2/c1-4-17-33(18-5-1)36-25-15-31-44(46(36)34-19-6-2-7-20-34)50-43-30-13-11-24-41(43)47-38(26-16-32-45(47)50)40-28-14-27-39-37-23-10-12-29-42(37)49(48(39)40)35-21-8-3-9-22-35/h1-32H. The van der Waals surface area contributed by atoms with Gasteiger partial charge in [-0.15, -0.1) is 0 Å². The lowest BCUT2D eigenvalue weighted by Crippen LogP contribution is -1.99. The summed E-state index contributed by atoms with van der Waals surface area (Å²) >= 11 is 0. The molecule has 0 fully saturated rings. The van der Waals surface area contributed by atoms with E-state index in [0.717, 1.165) is 11.4 Å². The molecule has 10 aromatic rings. The SMILES string of the molecule is c1ccc(-c2cccc(-n3c4ccccc4c4c(-c5cccc6c7ccccc7n(-c7ccccc7)c56)cccc43)c2-c2ccccc2)cc1. The molecule has 2 aromatic heterocycles. The van der Waals surface area contributed by atoms with Crippen LogP contribution in [0.1, 0.15) is 0 Å². The van der Waals surface area contributed by atoms with Crippen LogP contribution in [0.4, 0.5) is 0 Å². The Bertz CT molecular complexity index is 2840. The topological polar surface area (TPSA) is 9.86 Å². The second-order valence-electron chi connectivity index (χ2n) is 12.9. The Balaban J connectivity index is 1.33. The monoisotopic (exact) mass is 636 g/mol. The number of fused-ring (bicyclic) bond motifs is 6. The summed E-state index contributed by atoms with van der Waals surface area (Å²) < 4.78 is 4.92. The molecule has 0 aliphatic heterocycles. The maximum atomic E-state index is 2.48. The van der Waals surface area contributed by atoms with Crippen molar-refractivity contribution in [1.82, 2.24) is 9.13 Å². The van der Waals surface area contributed by atoms with Gasteiger partial charge in [0.05, 0.1) is 27.8 Å². The molecule has 10 rings (SSSR count). The van der Waals surface area contributed by atoms with E-state index in [9.17, 15) is 0 Å². The Labute approximate surface area is 290 Å². The molecule has 50 heavy (non-hydrogen) atoms. The first-order valence-corrected chi connectivity index (χ1v) is 17.2. The van der Waals surface area contributed by atoms with Crippen molar-refractivity contribution >= 4 is 43.6 Å². The molecule has 0 bridgehead atoms. The lowest BCUT2D eigenvalue weighted by Gasteiger charge is -2.18. The van der Waals surface area contributed by atoms with Gasteiger partial charge in [0.15, 0.2) is 0 Å². The minimum atomic E-state index is 1.16. The largest absolute Gasteiger partial charge is 0.309 e. The maximum Gasteiger partial charge on any atom is 0.0619 e. The molecule has 234 valence electrons. The van der Waals surface area contributed by atoms with Crippen molar-refractivity contribution in [1.29, 1.82) is 0 Å². The van der Waals surface area contributed by atoms with Crippen LogP contribution in [0.15, 0.2) is 194 Å². The first-order chi connectivity index (χ1) is 24.9. The number of hydrogen-bond donors (Lipinski definition) is 0. The summed E-state index contributed by atoms with van der Waals surface area (Å²) in [6, 6.07) is 70.3. The Hall–Kier alpha value is -6.64. The molecular weight excluding hydrogens is 605 g/mol. The van der Waals surface area contributed by atoms with Gasteiger partial charge in [-0.05, 0) is 58.7 Å². The third-order valence-corrected chi connectivity index (χ3v) is 10.1. The van der Waals surface area contributed by atoms with Crippen molar-refractivity contribution in [2.24, 2.45) is 0 Å². The minimum absolute atomic E-state index is 1.16. The first kappa shape index (κ1) is 28.4. The van der Waals surface area contributed by atoms with Gasteiger partial charge < -0.3 is 9.13 Å². The van der Waals surface area contributed by atoms with Crippen molar-refractivity contribution in [2.45, 2.75) is 0 Å². The Morgan fingerprint density at radius 1 is 0.300 bits per heavy atom. The highest BCUT2D eigenvalue weighted by atomic mass is 15.0. The molecule has 0 N–H and O–H groups in total. The highest BCUT2D eigenvalue weighted by molar-refractivity contribution is 6.21. The Morgan fingerprint density at radius 2 is 0.820 bits per heavy atom. The lowest BCUT2D eigenvalue weighted by molar-refractivity contribution is 1.18. The van der Waals surface area contributed by atoms with E-state index >= 15 is 0 Å². The molecule has 0 radical (unpaired) electrons. The van der Waals surface area contributed by atoms with Crippen LogP contribution in [0.25, 0.3) is 88.4 Å². The van der Waals surface area contributed by atoms with Gasteiger partial charge in [0.25, 0.3) is 0 Å². The molecule has 0 unspecified atom stereocenters. The normalized spacial score (nSPS) is 11.6. The first-order valence-electron chi connectivity index (χ1n) is 17.2. The number of hydrogen-bond acceptors (Lipinski definition) is 0. The fourth-order valence-electron chi connectivity index (χ4n) is 8.08. The van der Waals surface area contributed by atoms with Gasteiger partial charge in [-0.25, -0.2) is 0 Å². The molecule has 0 aliphatic rings. The number of para-hydroxylation sites is 4. The molecule has 0 amide bonds. The van der Waals surface area contributed by atoms with Crippen LogP contribution in [0.2, 0.25) is 0 Å². The zero-order valence-electron chi connectivity index (χ0n) is 27.4. The highest BCUT2D eigenvalue weighted by Gasteiger charge is 2.22. The Kier molecular flexibility index (Phi) is 6.53. The molecule has 2 heterocycles. The minimum Gasteiger partial charge on any atom is -0.309 e. The van der Waals surface area contributed by atoms with E-state index in [1.54, 1.807) is 0 Å². The van der Waals surface area contributed by atoms with Crippen molar-refractivity contribution in [3.05, 3.63) is 194 Å². The van der Waals surface area contributed by atoms with Gasteiger partial charge in [-0.3, -0.25) is 0 Å². The Morgan fingerprint density at radius 3 is 1.58 bits per heavy atom. The summed E-state index contributed by atoms with van der Waals surface area (Å²) in [5.41, 5.74) is 14.4. The van der Waals surface area contributed by atoms with E-state index in [-0.39, 0.29) is 0 Å². The summed E-state index contributed by atoms with van der Waals surface area (Å²) in [5, 5.41) is 5.00. The molecule has 0 spiro atoms. The summed E-state index contributed by atoms with van der Waals surface area (Å²) in [7, 11) is 0. The van der Waals surface area contributed by atoms with E-state index in [0.29, 0.717) is 0 Å². The van der Waals surface area contributed by atoms with Gasteiger partial charge in [-0.2, -0.15) is 0 Å². The van der Waals surface area contributed by atoms with Crippen molar-refractivity contribution in [2.75, 3.05) is 0 Å². The van der Waals surface area contributed by atoms with Crippen LogP contribution in [0, 0.1) is 0 Å². The predicted octanol–water partition coefficient (Wildman–Crippen LogP) is 12.9. The molecule has 0 atom stereocenters. The molecule has 0 aliphatic carbocycles. The van der Waals surface area contributed by atoms with Crippen LogP contribution in [-0.2, 0) is 0 Å². The summed E-state index contributed by atoms with van der Waals surface area (Å²) in [5.74, 6) is 0. The molecule has 0 saturated heterocycles. The third kappa shape index (κ3) is 4.29. The summed E-state index contributed by atoms with van der Waals surface area (Å²) in [4.78, 5) is 0. The predicted molar refractivity (Wildman–Crippen MR) is 211 cm³/mol.